The van der Waals surface area contributed by atoms with Crippen molar-refractivity contribution in [3.8, 4) is 0 Å². The summed E-state index contributed by atoms with van der Waals surface area (Å²) in [6.45, 7) is 1.75. The summed E-state index contributed by atoms with van der Waals surface area (Å²) in [5.41, 5.74) is -2.24. The largest absolute Gasteiger partial charge is 0.479 e. The molecule has 0 saturated carbocycles. The zero-order valence-corrected chi connectivity index (χ0v) is 8.99. The van der Waals surface area contributed by atoms with Crippen LogP contribution in [0.15, 0.2) is 24.3 Å². The topological polar surface area (TPSA) is 115 Å². The van der Waals surface area contributed by atoms with Gasteiger partial charge in [-0.1, -0.05) is 29.8 Å². The van der Waals surface area contributed by atoms with E-state index >= 15 is 0 Å². The van der Waals surface area contributed by atoms with Crippen molar-refractivity contribution in [3.05, 3.63) is 35.4 Å². The van der Waals surface area contributed by atoms with E-state index in [0.29, 0.717) is 0 Å². The van der Waals surface area contributed by atoms with E-state index in [4.69, 9.17) is 10.2 Å². The summed E-state index contributed by atoms with van der Waals surface area (Å²) in [6.07, 6.45) is -2.44. The number of benzene rings is 1. The second kappa shape index (κ2) is 4.52. The number of carboxylic acid groups (broad SMARTS) is 2. The molecule has 0 saturated heterocycles. The Balaban J connectivity index is 3.30. The number of aliphatic hydroxyl groups excluding tert-OH is 1. The Bertz CT molecular complexity index is 438. The van der Waals surface area contributed by atoms with Crippen LogP contribution in [0.5, 0.6) is 0 Å². The highest BCUT2D eigenvalue weighted by Crippen LogP contribution is 2.26. The first-order valence-electron chi connectivity index (χ1n) is 4.74. The van der Waals surface area contributed by atoms with Crippen molar-refractivity contribution in [2.45, 2.75) is 18.6 Å². The molecule has 0 aromatic heterocycles. The van der Waals surface area contributed by atoms with Crippen LogP contribution >= 0.6 is 0 Å². The minimum Gasteiger partial charge on any atom is -0.479 e. The summed E-state index contributed by atoms with van der Waals surface area (Å²) in [4.78, 5) is 21.6. The molecule has 1 rings (SSSR count). The Hall–Kier alpha value is -1.92. The average molecular weight is 240 g/mol. The van der Waals surface area contributed by atoms with Gasteiger partial charge >= 0.3 is 11.9 Å². The van der Waals surface area contributed by atoms with Gasteiger partial charge in [0.25, 0.3) is 0 Å². The van der Waals surface area contributed by atoms with Gasteiger partial charge in [0.1, 0.15) is 0 Å². The molecule has 0 aliphatic carbocycles. The van der Waals surface area contributed by atoms with Gasteiger partial charge in [-0.25, -0.2) is 9.59 Å². The van der Waals surface area contributed by atoms with Crippen LogP contribution in [0.25, 0.3) is 0 Å². The van der Waals surface area contributed by atoms with Crippen LogP contribution in [0.1, 0.15) is 11.1 Å². The van der Waals surface area contributed by atoms with E-state index in [-0.39, 0.29) is 5.56 Å². The van der Waals surface area contributed by atoms with Crippen LogP contribution in [0.2, 0.25) is 0 Å². The molecular formula is C11H12O6. The van der Waals surface area contributed by atoms with Crippen molar-refractivity contribution < 1.29 is 30.0 Å². The number of carbonyl (C=O) groups is 2. The summed E-state index contributed by atoms with van der Waals surface area (Å²) in [6, 6.07) is 5.54. The third-order valence-corrected chi connectivity index (χ3v) is 2.45. The molecule has 6 heteroatoms. The van der Waals surface area contributed by atoms with Crippen LogP contribution in [0.4, 0.5) is 0 Å². The van der Waals surface area contributed by atoms with Crippen LogP contribution in [-0.2, 0) is 15.2 Å². The lowest BCUT2D eigenvalue weighted by molar-refractivity contribution is -0.185. The molecule has 0 fully saturated rings. The van der Waals surface area contributed by atoms with E-state index in [0.717, 1.165) is 5.56 Å². The Morgan fingerprint density at radius 1 is 1.18 bits per heavy atom. The number of rotatable bonds is 4. The van der Waals surface area contributed by atoms with Crippen molar-refractivity contribution in [2.75, 3.05) is 0 Å². The molecule has 92 valence electrons. The number of aryl methyl sites for hydroxylation is 1. The molecule has 0 aliphatic rings. The molecule has 0 heterocycles. The fourth-order valence-electron chi connectivity index (χ4n) is 1.38. The highest BCUT2D eigenvalue weighted by Gasteiger charge is 2.49. The van der Waals surface area contributed by atoms with Gasteiger partial charge in [0.2, 0.25) is 5.60 Å². The van der Waals surface area contributed by atoms with Gasteiger partial charge in [-0.2, -0.15) is 0 Å². The molecule has 17 heavy (non-hydrogen) atoms. The molecule has 0 unspecified atom stereocenters. The van der Waals surface area contributed by atoms with Crippen molar-refractivity contribution in [3.63, 3.8) is 0 Å². The van der Waals surface area contributed by atoms with Crippen LogP contribution in [0, 0.1) is 6.92 Å². The second-order valence-electron chi connectivity index (χ2n) is 3.68. The highest BCUT2D eigenvalue weighted by molar-refractivity contribution is 5.88. The lowest BCUT2D eigenvalue weighted by Gasteiger charge is -2.26. The van der Waals surface area contributed by atoms with E-state index < -0.39 is 23.6 Å². The zero-order chi connectivity index (χ0) is 13.2. The van der Waals surface area contributed by atoms with E-state index in [1.165, 1.54) is 24.3 Å². The highest BCUT2D eigenvalue weighted by atomic mass is 16.4. The first-order chi connectivity index (χ1) is 7.80. The van der Waals surface area contributed by atoms with E-state index in [2.05, 4.69) is 0 Å². The van der Waals surface area contributed by atoms with Crippen LogP contribution in [-0.4, -0.2) is 38.5 Å². The van der Waals surface area contributed by atoms with E-state index in [1.54, 1.807) is 6.92 Å². The molecule has 1 aromatic rings. The van der Waals surface area contributed by atoms with Crippen molar-refractivity contribution in [1.82, 2.24) is 0 Å². The van der Waals surface area contributed by atoms with Gasteiger partial charge in [-0.05, 0) is 12.5 Å². The first-order valence-corrected chi connectivity index (χ1v) is 4.74. The Morgan fingerprint density at radius 3 is 2.00 bits per heavy atom. The summed E-state index contributed by atoms with van der Waals surface area (Å²) in [5, 5.41) is 36.7. The quantitative estimate of drug-likeness (QED) is 0.575. The fraction of sp³-hybridized carbons (Fsp3) is 0.273. The monoisotopic (exact) mass is 240 g/mol. The summed E-state index contributed by atoms with van der Waals surface area (Å²) in [7, 11) is 0. The lowest BCUT2D eigenvalue weighted by atomic mass is 9.87. The number of aliphatic hydroxyl groups is 2. The average Bonchev–Trinajstić information content (AvgIpc) is 2.27. The predicted octanol–water partition coefficient (Wildman–Crippen LogP) is -0.287. The van der Waals surface area contributed by atoms with Gasteiger partial charge in [-0.15, -0.1) is 0 Å². The molecule has 0 aliphatic heterocycles. The number of aliphatic carboxylic acids is 2. The molecular weight excluding hydrogens is 228 g/mol. The molecule has 1 aromatic carbocycles. The Labute approximate surface area is 96.8 Å². The minimum atomic E-state index is -2.86. The summed E-state index contributed by atoms with van der Waals surface area (Å²) >= 11 is 0. The molecule has 0 bridgehead atoms. The molecule has 0 radical (unpaired) electrons. The lowest BCUT2D eigenvalue weighted by Crippen LogP contribution is -2.50. The van der Waals surface area contributed by atoms with Gasteiger partial charge in [0.05, 0.1) is 0 Å². The van der Waals surface area contributed by atoms with Gasteiger partial charge in [0, 0.05) is 0 Å². The smallest absolute Gasteiger partial charge is 0.343 e. The van der Waals surface area contributed by atoms with E-state index in [9.17, 15) is 19.8 Å². The van der Waals surface area contributed by atoms with Gasteiger partial charge in [-0.3, -0.25) is 0 Å². The fourth-order valence-corrected chi connectivity index (χ4v) is 1.38. The molecule has 6 nitrogen and oxygen atoms in total. The maximum absolute atomic E-state index is 11.0. The summed E-state index contributed by atoms with van der Waals surface area (Å²) in [5.74, 6) is -3.63. The summed E-state index contributed by atoms with van der Waals surface area (Å²) < 4.78 is 0. The van der Waals surface area contributed by atoms with Crippen molar-refractivity contribution >= 4 is 11.9 Å². The molecule has 0 spiro atoms. The van der Waals surface area contributed by atoms with Gasteiger partial charge in [0.15, 0.2) is 6.10 Å². The third kappa shape index (κ3) is 2.27. The number of hydrogen-bond acceptors (Lipinski definition) is 4. The standard InChI is InChI=1S/C11H12O6/c1-6-2-4-7(5-3-6)11(17,10(15)16)8(12)9(13)14/h2-5,8,12,17H,1H3,(H,13,14)(H,15,16)/t8-,11+/m1/s1. The Morgan fingerprint density at radius 2 is 1.65 bits per heavy atom. The first kappa shape index (κ1) is 13.1. The number of carboxylic acids is 2. The predicted molar refractivity (Wildman–Crippen MR) is 56.4 cm³/mol. The van der Waals surface area contributed by atoms with Gasteiger partial charge < -0.3 is 20.4 Å². The second-order valence-corrected chi connectivity index (χ2v) is 3.68. The van der Waals surface area contributed by atoms with Crippen molar-refractivity contribution in [2.24, 2.45) is 0 Å². The van der Waals surface area contributed by atoms with E-state index in [1.807, 2.05) is 0 Å². The minimum absolute atomic E-state index is 0.189. The molecule has 0 amide bonds. The van der Waals surface area contributed by atoms with Crippen molar-refractivity contribution in [1.29, 1.82) is 0 Å². The maximum atomic E-state index is 11.0. The third-order valence-electron chi connectivity index (χ3n) is 2.45. The number of hydrogen-bond donors (Lipinski definition) is 4. The zero-order valence-electron chi connectivity index (χ0n) is 8.99. The maximum Gasteiger partial charge on any atom is 0.343 e. The normalized spacial score (nSPS) is 15.9. The van der Waals surface area contributed by atoms with Crippen LogP contribution < -0.4 is 0 Å². The molecule has 2 atom stereocenters. The SMILES string of the molecule is Cc1ccc([C@@](O)(C(=O)O)[C@H](O)C(=O)O)cc1. The Kier molecular flexibility index (Phi) is 3.50. The molecule has 4 N–H and O–H groups in total. The van der Waals surface area contributed by atoms with Crippen LogP contribution in [0.3, 0.4) is 0 Å².